The lowest BCUT2D eigenvalue weighted by Gasteiger charge is -2.15. The second-order valence-corrected chi connectivity index (χ2v) is 4.00. The highest BCUT2D eigenvalue weighted by atomic mass is 19.4. The molecule has 0 amide bonds. The molecule has 0 aliphatic rings. The Morgan fingerprint density at radius 1 is 0.895 bits per heavy atom. The molecule has 0 saturated carbocycles. The molecule has 2 rings (SSSR count). The summed E-state index contributed by atoms with van der Waals surface area (Å²) < 4.78 is 38.9. The highest BCUT2D eigenvalue weighted by molar-refractivity contribution is 6.01. The Labute approximate surface area is 108 Å². The molecular weight excluding hydrogens is 253 g/mol. The van der Waals surface area contributed by atoms with E-state index in [4.69, 9.17) is 11.1 Å². The molecule has 0 heterocycles. The molecule has 0 fully saturated rings. The van der Waals surface area contributed by atoms with Gasteiger partial charge in [0.15, 0.2) is 0 Å². The van der Waals surface area contributed by atoms with Gasteiger partial charge in [-0.15, -0.1) is 0 Å². The van der Waals surface area contributed by atoms with E-state index in [9.17, 15) is 13.2 Å². The molecule has 2 nitrogen and oxygen atoms in total. The third-order valence-electron chi connectivity index (χ3n) is 2.74. The SMILES string of the molecule is N=C(N)c1ccccc1-c1ccccc1C(F)(F)F. The average Bonchev–Trinajstić information content (AvgIpc) is 2.37. The van der Waals surface area contributed by atoms with Gasteiger partial charge in [-0.25, -0.2) is 0 Å². The van der Waals surface area contributed by atoms with Crippen LogP contribution < -0.4 is 5.73 Å². The highest BCUT2D eigenvalue weighted by Gasteiger charge is 2.33. The quantitative estimate of drug-likeness (QED) is 0.631. The molecule has 0 unspecified atom stereocenters. The first-order chi connectivity index (χ1) is 8.91. The van der Waals surface area contributed by atoms with Crippen LogP contribution in [0.25, 0.3) is 11.1 Å². The molecule has 0 aromatic heterocycles. The Kier molecular flexibility index (Phi) is 3.29. The van der Waals surface area contributed by atoms with Crippen LogP contribution in [0, 0.1) is 5.41 Å². The molecule has 0 atom stereocenters. The number of rotatable bonds is 2. The van der Waals surface area contributed by atoms with E-state index >= 15 is 0 Å². The maximum Gasteiger partial charge on any atom is 0.417 e. The van der Waals surface area contributed by atoms with Crippen LogP contribution in [-0.2, 0) is 6.18 Å². The monoisotopic (exact) mass is 264 g/mol. The third-order valence-corrected chi connectivity index (χ3v) is 2.74. The van der Waals surface area contributed by atoms with Crippen molar-refractivity contribution in [2.75, 3.05) is 0 Å². The van der Waals surface area contributed by atoms with Gasteiger partial charge in [0.2, 0.25) is 0 Å². The molecule has 0 aliphatic carbocycles. The fourth-order valence-corrected chi connectivity index (χ4v) is 1.92. The summed E-state index contributed by atoms with van der Waals surface area (Å²) in [7, 11) is 0. The van der Waals surface area contributed by atoms with Crippen molar-refractivity contribution >= 4 is 5.84 Å². The van der Waals surface area contributed by atoms with Crippen LogP contribution in [-0.4, -0.2) is 5.84 Å². The largest absolute Gasteiger partial charge is 0.417 e. The van der Waals surface area contributed by atoms with Gasteiger partial charge in [0.05, 0.1) is 5.56 Å². The summed E-state index contributed by atoms with van der Waals surface area (Å²) >= 11 is 0. The van der Waals surface area contributed by atoms with E-state index in [1.807, 2.05) is 0 Å². The number of nitrogens with one attached hydrogen (secondary N) is 1. The molecule has 98 valence electrons. The van der Waals surface area contributed by atoms with Gasteiger partial charge >= 0.3 is 6.18 Å². The summed E-state index contributed by atoms with van der Waals surface area (Å²) in [4.78, 5) is 0. The number of hydrogen-bond donors (Lipinski definition) is 2. The molecule has 2 aromatic carbocycles. The van der Waals surface area contributed by atoms with Crippen LogP contribution in [0.4, 0.5) is 13.2 Å². The van der Waals surface area contributed by atoms with E-state index in [0.29, 0.717) is 11.1 Å². The van der Waals surface area contributed by atoms with Gasteiger partial charge in [0.1, 0.15) is 5.84 Å². The summed E-state index contributed by atoms with van der Waals surface area (Å²) in [5.41, 5.74) is 5.31. The minimum Gasteiger partial charge on any atom is -0.384 e. The number of benzene rings is 2. The smallest absolute Gasteiger partial charge is 0.384 e. The van der Waals surface area contributed by atoms with Crippen molar-refractivity contribution in [2.24, 2.45) is 5.73 Å². The molecule has 3 N–H and O–H groups in total. The van der Waals surface area contributed by atoms with Crippen molar-refractivity contribution in [1.82, 2.24) is 0 Å². The van der Waals surface area contributed by atoms with Gasteiger partial charge in [0, 0.05) is 5.56 Å². The van der Waals surface area contributed by atoms with Crippen molar-refractivity contribution in [2.45, 2.75) is 6.18 Å². The van der Waals surface area contributed by atoms with E-state index in [2.05, 4.69) is 0 Å². The zero-order chi connectivity index (χ0) is 14.0. The lowest BCUT2D eigenvalue weighted by Crippen LogP contribution is -2.14. The molecule has 19 heavy (non-hydrogen) atoms. The highest BCUT2D eigenvalue weighted by Crippen LogP contribution is 2.37. The van der Waals surface area contributed by atoms with E-state index in [1.54, 1.807) is 12.1 Å². The second kappa shape index (κ2) is 4.76. The molecule has 0 aliphatic heterocycles. The Balaban J connectivity index is 2.70. The van der Waals surface area contributed by atoms with Gasteiger partial charge in [0.25, 0.3) is 0 Å². The Morgan fingerprint density at radius 3 is 2.00 bits per heavy atom. The molecule has 0 spiro atoms. The zero-order valence-corrected chi connectivity index (χ0v) is 9.83. The summed E-state index contributed by atoms with van der Waals surface area (Å²) in [6.45, 7) is 0. The minimum absolute atomic E-state index is 0.0285. The van der Waals surface area contributed by atoms with Gasteiger partial charge in [-0.2, -0.15) is 13.2 Å². The Hall–Kier alpha value is -2.30. The van der Waals surface area contributed by atoms with E-state index in [1.165, 1.54) is 30.3 Å². The number of nitrogens with two attached hydrogens (primary N) is 1. The summed E-state index contributed by atoms with van der Waals surface area (Å²) in [5.74, 6) is -0.257. The van der Waals surface area contributed by atoms with Crippen molar-refractivity contribution in [3.8, 4) is 11.1 Å². The standard InChI is InChI=1S/C14H11F3N2/c15-14(16,17)12-8-4-3-6-10(12)9-5-1-2-7-11(9)13(18)19/h1-8H,(H3,18,19). The van der Waals surface area contributed by atoms with Crippen LogP contribution in [0.1, 0.15) is 11.1 Å². The fourth-order valence-electron chi connectivity index (χ4n) is 1.92. The van der Waals surface area contributed by atoms with Crippen LogP contribution in [0.2, 0.25) is 0 Å². The van der Waals surface area contributed by atoms with Crippen LogP contribution in [0.3, 0.4) is 0 Å². The maximum atomic E-state index is 13.0. The Morgan fingerprint density at radius 2 is 1.42 bits per heavy atom. The number of hydrogen-bond acceptors (Lipinski definition) is 1. The molecule has 2 aromatic rings. The third kappa shape index (κ3) is 2.59. The second-order valence-electron chi connectivity index (χ2n) is 4.00. The van der Waals surface area contributed by atoms with Crippen molar-refractivity contribution in [3.63, 3.8) is 0 Å². The number of alkyl halides is 3. The normalized spacial score (nSPS) is 11.3. The molecular formula is C14H11F3N2. The summed E-state index contributed by atoms with van der Waals surface area (Å²) in [6, 6.07) is 11.6. The first-order valence-electron chi connectivity index (χ1n) is 5.51. The molecule has 0 bridgehead atoms. The van der Waals surface area contributed by atoms with Gasteiger partial charge in [-0.05, 0) is 17.2 Å². The van der Waals surface area contributed by atoms with Crippen molar-refractivity contribution in [1.29, 1.82) is 5.41 Å². The van der Waals surface area contributed by atoms with Crippen LogP contribution >= 0.6 is 0 Å². The number of nitrogen functional groups attached to an aromatic ring is 1. The number of halogens is 3. The minimum atomic E-state index is -4.44. The maximum absolute atomic E-state index is 13.0. The van der Waals surface area contributed by atoms with Gasteiger partial charge in [-0.3, -0.25) is 5.41 Å². The fraction of sp³-hybridized carbons (Fsp3) is 0.0714. The lowest BCUT2D eigenvalue weighted by molar-refractivity contribution is -0.137. The van der Waals surface area contributed by atoms with E-state index in [0.717, 1.165) is 6.07 Å². The predicted molar refractivity (Wildman–Crippen MR) is 67.9 cm³/mol. The van der Waals surface area contributed by atoms with Crippen LogP contribution in [0.5, 0.6) is 0 Å². The summed E-state index contributed by atoms with van der Waals surface area (Å²) in [6.07, 6.45) is -4.44. The van der Waals surface area contributed by atoms with Gasteiger partial charge < -0.3 is 5.73 Å². The van der Waals surface area contributed by atoms with Gasteiger partial charge in [-0.1, -0.05) is 42.5 Å². The molecule has 0 saturated heterocycles. The topological polar surface area (TPSA) is 49.9 Å². The van der Waals surface area contributed by atoms with Crippen LogP contribution in [0.15, 0.2) is 48.5 Å². The molecule has 5 heteroatoms. The zero-order valence-electron chi connectivity index (χ0n) is 9.83. The lowest BCUT2D eigenvalue weighted by atomic mass is 9.94. The predicted octanol–water partition coefficient (Wildman–Crippen LogP) is 3.66. The van der Waals surface area contributed by atoms with E-state index < -0.39 is 11.7 Å². The first kappa shape index (κ1) is 13.1. The Bertz CT molecular complexity index is 618. The number of amidine groups is 1. The summed E-state index contributed by atoms with van der Waals surface area (Å²) in [5, 5.41) is 7.45. The van der Waals surface area contributed by atoms with E-state index in [-0.39, 0.29) is 11.4 Å². The molecule has 0 radical (unpaired) electrons. The van der Waals surface area contributed by atoms with Crippen molar-refractivity contribution < 1.29 is 13.2 Å². The first-order valence-corrected chi connectivity index (χ1v) is 5.51. The van der Waals surface area contributed by atoms with Crippen molar-refractivity contribution in [3.05, 3.63) is 59.7 Å². The average molecular weight is 264 g/mol.